The highest BCUT2D eigenvalue weighted by atomic mass is 16.5. The molecule has 1 heterocycles. The molecule has 7 heteroatoms. The zero-order valence-corrected chi connectivity index (χ0v) is 17.6. The number of hydrogen-bond donors (Lipinski definition) is 3. The summed E-state index contributed by atoms with van der Waals surface area (Å²) in [6.07, 6.45) is 2.43. The van der Waals surface area contributed by atoms with Gasteiger partial charge in [0.2, 0.25) is 5.95 Å². The standard InChI is InChI=1S/C21H33N5O2/c1-6-7-17(13-27)24-20-18(14(2)23-21(22)25-20)11-16-9-8-15(12-26(3)4)10-19(16)28-5/h8-10,17,27H,6-7,11-13H2,1-5H3,(H3,22,23,24,25)/t17-/m0/s1. The SMILES string of the molecule is CCC[C@@H](CO)Nc1nc(N)nc(C)c1Cc1ccc(CN(C)C)cc1OC. The van der Waals surface area contributed by atoms with Crippen LogP contribution in [0.4, 0.5) is 11.8 Å². The highest BCUT2D eigenvalue weighted by Crippen LogP contribution is 2.28. The fraction of sp³-hybridized carbons (Fsp3) is 0.524. The van der Waals surface area contributed by atoms with Gasteiger partial charge in [0.25, 0.3) is 0 Å². The highest BCUT2D eigenvalue weighted by molar-refractivity contribution is 5.53. The van der Waals surface area contributed by atoms with Gasteiger partial charge < -0.3 is 25.8 Å². The molecule has 4 N–H and O–H groups in total. The fourth-order valence-electron chi connectivity index (χ4n) is 3.29. The number of nitrogens with two attached hydrogens (primary N) is 1. The summed E-state index contributed by atoms with van der Waals surface area (Å²) in [5.41, 5.74) is 9.91. The van der Waals surface area contributed by atoms with Crippen LogP contribution < -0.4 is 15.8 Å². The molecule has 0 bridgehead atoms. The number of nitrogens with one attached hydrogen (secondary N) is 1. The molecule has 0 amide bonds. The number of rotatable bonds is 10. The van der Waals surface area contributed by atoms with Gasteiger partial charge in [0.15, 0.2) is 0 Å². The second-order valence-electron chi connectivity index (χ2n) is 7.37. The summed E-state index contributed by atoms with van der Waals surface area (Å²) in [4.78, 5) is 10.9. The Labute approximate surface area is 167 Å². The molecule has 0 aliphatic heterocycles. The number of hydrogen-bond acceptors (Lipinski definition) is 7. The smallest absolute Gasteiger partial charge is 0.222 e. The number of methoxy groups -OCH3 is 1. The first kappa shape index (κ1) is 21.9. The molecule has 2 rings (SSSR count). The Bertz CT molecular complexity index is 780. The van der Waals surface area contributed by atoms with Crippen molar-refractivity contribution in [1.82, 2.24) is 14.9 Å². The van der Waals surface area contributed by atoms with Gasteiger partial charge in [-0.25, -0.2) is 4.98 Å². The molecule has 0 radical (unpaired) electrons. The van der Waals surface area contributed by atoms with E-state index in [1.807, 2.05) is 21.0 Å². The van der Waals surface area contributed by atoms with Crippen LogP contribution >= 0.6 is 0 Å². The van der Waals surface area contributed by atoms with Gasteiger partial charge in [-0.15, -0.1) is 0 Å². The average molecular weight is 388 g/mol. The minimum atomic E-state index is -0.0678. The fourth-order valence-corrected chi connectivity index (χ4v) is 3.29. The Morgan fingerprint density at radius 1 is 1.29 bits per heavy atom. The molecule has 7 nitrogen and oxygen atoms in total. The number of anilines is 2. The number of aliphatic hydroxyl groups excluding tert-OH is 1. The van der Waals surface area contributed by atoms with Gasteiger partial charge in [0.05, 0.1) is 19.8 Å². The van der Waals surface area contributed by atoms with Crippen LogP contribution in [0.2, 0.25) is 0 Å². The van der Waals surface area contributed by atoms with Crippen molar-refractivity contribution < 1.29 is 9.84 Å². The number of aromatic nitrogens is 2. The van der Waals surface area contributed by atoms with Crippen LogP contribution in [0.3, 0.4) is 0 Å². The summed E-state index contributed by atoms with van der Waals surface area (Å²) in [5, 5.41) is 13.0. The molecule has 0 spiro atoms. The number of nitrogens with zero attached hydrogens (tertiary/aromatic N) is 3. The molecule has 1 aromatic heterocycles. The Hall–Kier alpha value is -2.38. The molecule has 28 heavy (non-hydrogen) atoms. The lowest BCUT2D eigenvalue weighted by atomic mass is 10.0. The monoisotopic (exact) mass is 387 g/mol. The van der Waals surface area contributed by atoms with Crippen LogP contribution in [-0.2, 0) is 13.0 Å². The molecule has 0 aliphatic rings. The largest absolute Gasteiger partial charge is 0.496 e. The predicted molar refractivity (Wildman–Crippen MR) is 114 cm³/mol. The second kappa shape index (κ2) is 10.2. The molecule has 0 fully saturated rings. The van der Waals surface area contributed by atoms with E-state index in [0.717, 1.165) is 42.0 Å². The third-order valence-electron chi connectivity index (χ3n) is 4.65. The summed E-state index contributed by atoms with van der Waals surface area (Å²) in [7, 11) is 5.77. The Morgan fingerprint density at radius 2 is 2.04 bits per heavy atom. The lowest BCUT2D eigenvalue weighted by molar-refractivity contribution is 0.268. The van der Waals surface area contributed by atoms with Crippen molar-refractivity contribution in [2.75, 3.05) is 38.9 Å². The summed E-state index contributed by atoms with van der Waals surface area (Å²) in [6, 6.07) is 6.21. The lowest BCUT2D eigenvalue weighted by Crippen LogP contribution is -2.25. The van der Waals surface area contributed by atoms with Crippen LogP contribution in [0.25, 0.3) is 0 Å². The topological polar surface area (TPSA) is 96.5 Å². The maximum absolute atomic E-state index is 9.66. The quantitative estimate of drug-likeness (QED) is 0.576. The zero-order valence-electron chi connectivity index (χ0n) is 17.6. The third kappa shape index (κ3) is 5.81. The molecule has 1 atom stereocenters. The zero-order chi connectivity index (χ0) is 20.7. The van der Waals surface area contributed by atoms with Gasteiger partial charge in [0, 0.05) is 24.2 Å². The highest BCUT2D eigenvalue weighted by Gasteiger charge is 2.17. The van der Waals surface area contributed by atoms with Crippen molar-refractivity contribution in [2.45, 2.75) is 45.7 Å². The molecule has 0 unspecified atom stereocenters. The van der Waals surface area contributed by atoms with Crippen LogP contribution in [0, 0.1) is 6.92 Å². The third-order valence-corrected chi connectivity index (χ3v) is 4.65. The van der Waals surface area contributed by atoms with Crippen molar-refractivity contribution in [3.63, 3.8) is 0 Å². The lowest BCUT2D eigenvalue weighted by Gasteiger charge is -2.20. The van der Waals surface area contributed by atoms with Gasteiger partial charge in [-0.05, 0) is 44.6 Å². The van der Waals surface area contributed by atoms with E-state index in [-0.39, 0.29) is 18.6 Å². The minimum Gasteiger partial charge on any atom is -0.496 e. The van der Waals surface area contributed by atoms with Crippen molar-refractivity contribution >= 4 is 11.8 Å². The first-order valence-corrected chi connectivity index (χ1v) is 9.68. The number of nitrogen functional groups attached to an aromatic ring is 1. The van der Waals surface area contributed by atoms with E-state index in [9.17, 15) is 5.11 Å². The van der Waals surface area contributed by atoms with Crippen molar-refractivity contribution in [2.24, 2.45) is 0 Å². The summed E-state index contributed by atoms with van der Waals surface area (Å²) < 4.78 is 5.64. The molecule has 2 aromatic rings. The van der Waals surface area contributed by atoms with E-state index < -0.39 is 0 Å². The minimum absolute atomic E-state index is 0.0405. The molecular weight excluding hydrogens is 354 g/mol. The van der Waals surface area contributed by atoms with E-state index in [1.165, 1.54) is 5.56 Å². The van der Waals surface area contributed by atoms with Crippen molar-refractivity contribution in [3.05, 3.63) is 40.6 Å². The van der Waals surface area contributed by atoms with Crippen LogP contribution in [-0.4, -0.2) is 53.8 Å². The molecule has 0 saturated heterocycles. The van der Waals surface area contributed by atoms with Crippen molar-refractivity contribution in [1.29, 1.82) is 0 Å². The first-order valence-electron chi connectivity index (χ1n) is 9.68. The summed E-state index contributed by atoms with van der Waals surface area (Å²) in [5.74, 6) is 1.75. The van der Waals surface area contributed by atoms with Gasteiger partial charge >= 0.3 is 0 Å². The Balaban J connectivity index is 2.37. The molecule has 0 aliphatic carbocycles. The predicted octanol–water partition coefficient (Wildman–Crippen LogP) is 2.60. The van der Waals surface area contributed by atoms with Gasteiger partial charge in [-0.1, -0.05) is 25.5 Å². The Kier molecular flexibility index (Phi) is 8.02. The molecule has 154 valence electrons. The van der Waals surface area contributed by atoms with E-state index in [0.29, 0.717) is 12.2 Å². The first-order chi connectivity index (χ1) is 13.4. The van der Waals surface area contributed by atoms with Crippen LogP contribution in [0.1, 0.15) is 42.1 Å². The molecule has 1 aromatic carbocycles. The second-order valence-corrected chi connectivity index (χ2v) is 7.37. The summed E-state index contributed by atoms with van der Waals surface area (Å²) in [6.45, 7) is 4.91. The van der Waals surface area contributed by atoms with Gasteiger partial charge in [-0.3, -0.25) is 0 Å². The maximum atomic E-state index is 9.66. The number of ether oxygens (including phenoxy) is 1. The average Bonchev–Trinajstić information content (AvgIpc) is 2.64. The van der Waals surface area contributed by atoms with Crippen LogP contribution in [0.5, 0.6) is 5.75 Å². The van der Waals surface area contributed by atoms with E-state index in [1.54, 1.807) is 7.11 Å². The van der Waals surface area contributed by atoms with Crippen LogP contribution in [0.15, 0.2) is 18.2 Å². The molecule has 0 saturated carbocycles. The van der Waals surface area contributed by atoms with E-state index >= 15 is 0 Å². The number of aryl methyl sites for hydroxylation is 1. The van der Waals surface area contributed by atoms with E-state index in [2.05, 4.69) is 45.3 Å². The molecular formula is C21H33N5O2. The van der Waals surface area contributed by atoms with Gasteiger partial charge in [-0.2, -0.15) is 4.98 Å². The van der Waals surface area contributed by atoms with Gasteiger partial charge in [0.1, 0.15) is 11.6 Å². The van der Waals surface area contributed by atoms with E-state index in [4.69, 9.17) is 10.5 Å². The van der Waals surface area contributed by atoms with Crippen molar-refractivity contribution in [3.8, 4) is 5.75 Å². The maximum Gasteiger partial charge on any atom is 0.222 e. The Morgan fingerprint density at radius 3 is 2.64 bits per heavy atom. The normalized spacial score (nSPS) is 12.2. The number of aliphatic hydroxyl groups is 1. The number of benzene rings is 1. The summed E-state index contributed by atoms with van der Waals surface area (Å²) >= 11 is 0.